The summed E-state index contributed by atoms with van der Waals surface area (Å²) in [5.41, 5.74) is 4.52. The molecule has 0 spiro atoms. The number of anilines is 1. The lowest BCUT2D eigenvalue weighted by atomic mass is 9.54. The Labute approximate surface area is 179 Å². The highest BCUT2D eigenvalue weighted by Gasteiger charge is 2.67. The third kappa shape index (κ3) is 1.97. The average Bonchev–Trinajstić information content (AvgIpc) is 3.06. The molecule has 4 aliphatic rings. The third-order valence-electron chi connectivity index (χ3n) is 6.85. The number of alkyl halides is 1. The fourth-order valence-electron chi connectivity index (χ4n) is 5.66. The van der Waals surface area contributed by atoms with E-state index in [4.69, 9.17) is 16.3 Å². The zero-order valence-corrected chi connectivity index (χ0v) is 17.0. The third-order valence-corrected chi connectivity index (χ3v) is 7.49. The monoisotopic (exact) mass is 415 g/mol. The minimum atomic E-state index is -1.05. The van der Waals surface area contributed by atoms with Crippen LogP contribution in [0.5, 0.6) is 5.75 Å². The number of methoxy groups -OCH3 is 1. The van der Waals surface area contributed by atoms with Crippen LogP contribution in [0.1, 0.15) is 28.2 Å². The van der Waals surface area contributed by atoms with Crippen molar-refractivity contribution in [2.24, 2.45) is 11.8 Å². The Morgan fingerprint density at radius 3 is 1.97 bits per heavy atom. The van der Waals surface area contributed by atoms with Crippen LogP contribution in [0.25, 0.3) is 0 Å². The van der Waals surface area contributed by atoms with Crippen LogP contribution < -0.4 is 9.64 Å². The van der Waals surface area contributed by atoms with Crippen LogP contribution in [0.3, 0.4) is 0 Å². The Morgan fingerprint density at radius 1 is 0.833 bits per heavy atom. The Bertz CT molecular complexity index is 1170. The molecule has 1 fully saturated rings. The number of hydrogen-bond acceptors (Lipinski definition) is 3. The topological polar surface area (TPSA) is 46.6 Å². The van der Waals surface area contributed by atoms with E-state index in [0.29, 0.717) is 11.4 Å². The van der Waals surface area contributed by atoms with Gasteiger partial charge in [0.05, 0.1) is 24.6 Å². The average molecular weight is 416 g/mol. The van der Waals surface area contributed by atoms with Crippen LogP contribution in [-0.4, -0.2) is 18.9 Å². The SMILES string of the molecule is COc1ccc(N2C(=O)[C@@H]3C4c5ccccc5C(Cl)(c5ccccc54)[C@@H]3C2=O)cc1. The molecule has 0 aromatic heterocycles. The second kappa shape index (κ2) is 5.96. The van der Waals surface area contributed by atoms with E-state index < -0.39 is 16.7 Å². The lowest BCUT2D eigenvalue weighted by Crippen LogP contribution is -2.50. The van der Waals surface area contributed by atoms with Gasteiger partial charge in [0.1, 0.15) is 10.6 Å². The summed E-state index contributed by atoms with van der Waals surface area (Å²) in [7, 11) is 1.58. The Kier molecular flexibility index (Phi) is 3.52. The van der Waals surface area contributed by atoms with Crippen LogP contribution in [0.4, 0.5) is 5.69 Å². The molecule has 1 aliphatic heterocycles. The fourth-order valence-corrected chi connectivity index (χ4v) is 6.24. The van der Waals surface area contributed by atoms with E-state index in [1.807, 2.05) is 48.5 Å². The number of carbonyl (C=O) groups is 2. The van der Waals surface area contributed by atoms with Crippen LogP contribution in [0.15, 0.2) is 72.8 Å². The molecule has 2 amide bonds. The van der Waals surface area contributed by atoms with Crippen molar-refractivity contribution >= 4 is 29.1 Å². The predicted molar refractivity (Wildman–Crippen MR) is 114 cm³/mol. The van der Waals surface area contributed by atoms with Gasteiger partial charge in [0, 0.05) is 5.92 Å². The summed E-state index contributed by atoms with van der Waals surface area (Å²) in [5.74, 6) is -1.08. The van der Waals surface area contributed by atoms with Gasteiger partial charge < -0.3 is 4.74 Å². The van der Waals surface area contributed by atoms with Crippen molar-refractivity contribution in [3.63, 3.8) is 0 Å². The molecule has 2 bridgehead atoms. The van der Waals surface area contributed by atoms with E-state index in [0.717, 1.165) is 22.3 Å². The number of benzene rings is 3. The predicted octanol–water partition coefficient (Wildman–Crippen LogP) is 4.44. The van der Waals surface area contributed by atoms with Crippen molar-refractivity contribution < 1.29 is 14.3 Å². The summed E-state index contributed by atoms with van der Waals surface area (Å²) in [5, 5.41) is 0. The van der Waals surface area contributed by atoms with Gasteiger partial charge in [-0.25, -0.2) is 4.90 Å². The second-order valence-electron chi connectivity index (χ2n) is 8.08. The lowest BCUT2D eigenvalue weighted by Gasteiger charge is -2.50. The summed E-state index contributed by atoms with van der Waals surface area (Å²) in [6, 6.07) is 22.9. The zero-order chi connectivity index (χ0) is 20.6. The van der Waals surface area contributed by atoms with Crippen molar-refractivity contribution in [2.75, 3.05) is 12.0 Å². The van der Waals surface area contributed by atoms with Crippen molar-refractivity contribution in [3.05, 3.63) is 95.1 Å². The zero-order valence-electron chi connectivity index (χ0n) is 16.2. The number of halogens is 1. The normalized spacial score (nSPS) is 28.2. The number of rotatable bonds is 2. The summed E-state index contributed by atoms with van der Waals surface area (Å²) in [4.78, 5) is 27.6. The molecule has 0 radical (unpaired) electrons. The number of carbonyl (C=O) groups excluding carboxylic acids is 2. The highest BCUT2D eigenvalue weighted by molar-refractivity contribution is 6.33. The standard InChI is InChI=1S/C25H18ClNO3/c1-30-15-12-10-14(11-13-15)27-23(28)21-20-16-6-2-4-8-18(16)25(26,22(21)24(27)29)19-9-5-3-7-17(19)20/h2-13,20-22H,1H3/t20?,21-,22+,25?/m1/s1. The molecule has 0 unspecified atom stereocenters. The molecular formula is C25H18ClNO3. The molecule has 5 heteroatoms. The Hall–Kier alpha value is -3.11. The molecule has 3 aromatic rings. The van der Waals surface area contributed by atoms with Gasteiger partial charge in [0.25, 0.3) is 0 Å². The van der Waals surface area contributed by atoms with Crippen LogP contribution in [0, 0.1) is 11.8 Å². The lowest BCUT2D eigenvalue weighted by molar-refractivity contribution is -0.122. The molecule has 0 N–H and O–H groups in total. The van der Waals surface area contributed by atoms with E-state index in [-0.39, 0.29) is 17.7 Å². The first-order valence-electron chi connectivity index (χ1n) is 9.97. The van der Waals surface area contributed by atoms with Crippen LogP contribution in [-0.2, 0) is 14.5 Å². The maximum Gasteiger partial charge on any atom is 0.240 e. The van der Waals surface area contributed by atoms with Gasteiger partial charge in [-0.15, -0.1) is 11.6 Å². The molecule has 30 heavy (non-hydrogen) atoms. The molecule has 2 atom stereocenters. The summed E-state index contributed by atoms with van der Waals surface area (Å²) < 4.78 is 5.22. The maximum absolute atomic E-state index is 13.7. The van der Waals surface area contributed by atoms with E-state index in [1.54, 1.807) is 31.4 Å². The highest BCUT2D eigenvalue weighted by Crippen LogP contribution is 2.65. The van der Waals surface area contributed by atoms with Gasteiger partial charge in [-0.1, -0.05) is 48.5 Å². The minimum Gasteiger partial charge on any atom is -0.497 e. The summed E-state index contributed by atoms with van der Waals surface area (Å²) in [6.07, 6.45) is 0. The number of ether oxygens (including phenoxy) is 1. The van der Waals surface area contributed by atoms with Gasteiger partial charge in [-0.05, 0) is 46.5 Å². The van der Waals surface area contributed by atoms with Crippen molar-refractivity contribution in [2.45, 2.75) is 10.8 Å². The summed E-state index contributed by atoms with van der Waals surface area (Å²) >= 11 is 7.40. The van der Waals surface area contributed by atoms with E-state index in [9.17, 15) is 9.59 Å². The molecule has 4 nitrogen and oxygen atoms in total. The maximum atomic E-state index is 13.7. The molecule has 1 saturated heterocycles. The fraction of sp³-hybridized carbons (Fsp3) is 0.200. The smallest absolute Gasteiger partial charge is 0.240 e. The molecule has 3 aliphatic carbocycles. The first-order valence-corrected chi connectivity index (χ1v) is 10.3. The molecular weight excluding hydrogens is 398 g/mol. The van der Waals surface area contributed by atoms with Gasteiger partial charge in [0.15, 0.2) is 0 Å². The number of hydrogen-bond donors (Lipinski definition) is 0. The van der Waals surface area contributed by atoms with Crippen molar-refractivity contribution in [1.29, 1.82) is 0 Å². The Balaban J connectivity index is 1.57. The van der Waals surface area contributed by atoms with Crippen molar-refractivity contribution in [1.82, 2.24) is 0 Å². The quantitative estimate of drug-likeness (QED) is 0.459. The van der Waals surface area contributed by atoms with Gasteiger partial charge in [0.2, 0.25) is 11.8 Å². The van der Waals surface area contributed by atoms with E-state index in [2.05, 4.69) is 0 Å². The minimum absolute atomic E-state index is 0.178. The van der Waals surface area contributed by atoms with Crippen LogP contribution >= 0.6 is 11.6 Å². The molecule has 0 saturated carbocycles. The molecule has 7 rings (SSSR count). The first-order chi connectivity index (χ1) is 14.6. The molecule has 148 valence electrons. The number of nitrogens with zero attached hydrogens (tertiary/aromatic N) is 1. The highest BCUT2D eigenvalue weighted by atomic mass is 35.5. The Morgan fingerprint density at radius 2 is 1.40 bits per heavy atom. The van der Waals surface area contributed by atoms with Gasteiger partial charge in [-0.3, -0.25) is 9.59 Å². The van der Waals surface area contributed by atoms with Gasteiger partial charge >= 0.3 is 0 Å². The van der Waals surface area contributed by atoms with E-state index >= 15 is 0 Å². The summed E-state index contributed by atoms with van der Waals surface area (Å²) in [6.45, 7) is 0. The van der Waals surface area contributed by atoms with Crippen LogP contribution in [0.2, 0.25) is 0 Å². The molecule has 1 heterocycles. The van der Waals surface area contributed by atoms with Crippen molar-refractivity contribution in [3.8, 4) is 5.75 Å². The largest absolute Gasteiger partial charge is 0.497 e. The molecule has 3 aromatic carbocycles. The first kappa shape index (κ1) is 17.7. The second-order valence-corrected chi connectivity index (χ2v) is 8.67. The van der Waals surface area contributed by atoms with Gasteiger partial charge in [-0.2, -0.15) is 0 Å². The van der Waals surface area contributed by atoms with E-state index in [1.165, 1.54) is 4.90 Å². The number of amides is 2. The number of imide groups is 1.